The van der Waals surface area contributed by atoms with Crippen LogP contribution in [-0.4, -0.2) is 13.0 Å². The van der Waals surface area contributed by atoms with Gasteiger partial charge in [-0.3, -0.25) is 4.79 Å². The molecule has 2 aromatic rings. The molecule has 0 fully saturated rings. The Morgan fingerprint density at radius 1 is 1.32 bits per heavy atom. The molecular weight excluding hydrogens is 256 g/mol. The molecule has 1 heterocycles. The fourth-order valence-electron chi connectivity index (χ4n) is 1.96. The van der Waals surface area contributed by atoms with Crippen LogP contribution in [0, 0.1) is 0 Å². The molecule has 0 saturated carbocycles. The second-order valence-electron chi connectivity index (χ2n) is 4.28. The second-order valence-corrected chi connectivity index (χ2v) is 5.26. The fourth-order valence-corrected chi connectivity index (χ4v) is 2.82. The van der Waals surface area contributed by atoms with Gasteiger partial charge in [0.1, 0.15) is 0 Å². The van der Waals surface area contributed by atoms with Crippen LogP contribution in [0.1, 0.15) is 34.6 Å². The number of hydrogen-bond donors (Lipinski definition) is 2. The van der Waals surface area contributed by atoms with E-state index < -0.39 is 0 Å². The third-order valence-corrected chi connectivity index (χ3v) is 3.97. The van der Waals surface area contributed by atoms with Crippen molar-refractivity contribution in [2.75, 3.05) is 12.4 Å². The molecular formula is C15H18N2OS. The molecule has 1 aromatic heterocycles. The summed E-state index contributed by atoms with van der Waals surface area (Å²) in [6.45, 7) is 2.15. The lowest BCUT2D eigenvalue weighted by Crippen LogP contribution is -2.18. The van der Waals surface area contributed by atoms with E-state index >= 15 is 0 Å². The molecule has 19 heavy (non-hydrogen) atoms. The molecule has 0 bridgehead atoms. The first-order chi connectivity index (χ1) is 9.24. The maximum atomic E-state index is 11.6. The first-order valence-electron chi connectivity index (χ1n) is 6.36. The summed E-state index contributed by atoms with van der Waals surface area (Å²) in [6.07, 6.45) is 1.00. The Morgan fingerprint density at radius 3 is 2.79 bits per heavy atom. The molecule has 3 nitrogen and oxygen atoms in total. The van der Waals surface area contributed by atoms with Crippen LogP contribution in [0.2, 0.25) is 0 Å². The lowest BCUT2D eigenvalue weighted by Gasteiger charge is -2.17. The molecule has 2 rings (SSSR count). The SMILES string of the molecule is CCC(Nc1cccc(C(=O)NC)c1)c1cccs1. The first kappa shape index (κ1) is 13.6. The Balaban J connectivity index is 2.16. The summed E-state index contributed by atoms with van der Waals surface area (Å²) in [5.41, 5.74) is 1.65. The topological polar surface area (TPSA) is 41.1 Å². The monoisotopic (exact) mass is 274 g/mol. The number of nitrogens with one attached hydrogen (secondary N) is 2. The van der Waals surface area contributed by atoms with Gasteiger partial charge in [0, 0.05) is 23.2 Å². The van der Waals surface area contributed by atoms with Gasteiger partial charge < -0.3 is 10.6 Å². The summed E-state index contributed by atoms with van der Waals surface area (Å²) in [5.74, 6) is -0.0622. The molecule has 1 amide bonds. The van der Waals surface area contributed by atoms with Crippen molar-refractivity contribution in [2.24, 2.45) is 0 Å². The summed E-state index contributed by atoms with van der Waals surface area (Å²) in [7, 11) is 1.64. The third kappa shape index (κ3) is 3.35. The van der Waals surface area contributed by atoms with Gasteiger partial charge in [-0.1, -0.05) is 19.1 Å². The van der Waals surface area contributed by atoms with Gasteiger partial charge in [0.2, 0.25) is 0 Å². The number of carbonyl (C=O) groups excluding carboxylic acids is 1. The van der Waals surface area contributed by atoms with Crippen LogP contribution in [0.4, 0.5) is 5.69 Å². The zero-order valence-electron chi connectivity index (χ0n) is 11.1. The van der Waals surface area contributed by atoms with Gasteiger partial charge in [-0.05, 0) is 36.1 Å². The maximum absolute atomic E-state index is 11.6. The third-order valence-electron chi connectivity index (χ3n) is 2.99. The second kappa shape index (κ2) is 6.38. The highest BCUT2D eigenvalue weighted by atomic mass is 32.1. The Bertz CT molecular complexity index is 537. The van der Waals surface area contributed by atoms with Crippen molar-refractivity contribution in [3.05, 3.63) is 52.2 Å². The van der Waals surface area contributed by atoms with Gasteiger partial charge in [0.05, 0.1) is 6.04 Å². The molecule has 4 heteroatoms. The lowest BCUT2D eigenvalue weighted by atomic mass is 10.1. The van der Waals surface area contributed by atoms with E-state index in [-0.39, 0.29) is 5.91 Å². The van der Waals surface area contributed by atoms with Crippen molar-refractivity contribution in [3.8, 4) is 0 Å². The predicted octanol–water partition coefficient (Wildman–Crippen LogP) is 3.67. The summed E-state index contributed by atoms with van der Waals surface area (Å²) in [5, 5.41) is 8.20. The molecule has 0 spiro atoms. The maximum Gasteiger partial charge on any atom is 0.251 e. The van der Waals surface area contributed by atoms with E-state index in [4.69, 9.17) is 0 Å². The summed E-state index contributed by atoms with van der Waals surface area (Å²) in [4.78, 5) is 12.9. The largest absolute Gasteiger partial charge is 0.377 e. The Kier molecular flexibility index (Phi) is 4.58. The first-order valence-corrected chi connectivity index (χ1v) is 7.24. The van der Waals surface area contributed by atoms with Crippen LogP contribution in [-0.2, 0) is 0 Å². The minimum Gasteiger partial charge on any atom is -0.377 e. The standard InChI is InChI=1S/C15H18N2OS/c1-3-13(14-8-5-9-19-14)17-12-7-4-6-11(10-12)15(18)16-2/h4-10,13,17H,3H2,1-2H3,(H,16,18). The van der Waals surface area contributed by atoms with Gasteiger partial charge >= 0.3 is 0 Å². The number of hydrogen-bond acceptors (Lipinski definition) is 3. The van der Waals surface area contributed by atoms with Crippen LogP contribution >= 0.6 is 11.3 Å². The van der Waals surface area contributed by atoms with Crippen LogP contribution in [0.5, 0.6) is 0 Å². The average molecular weight is 274 g/mol. The van der Waals surface area contributed by atoms with E-state index in [1.165, 1.54) is 4.88 Å². The molecule has 2 N–H and O–H groups in total. The molecule has 0 saturated heterocycles. The zero-order chi connectivity index (χ0) is 13.7. The number of thiophene rings is 1. The highest BCUT2D eigenvalue weighted by Crippen LogP contribution is 2.26. The molecule has 0 radical (unpaired) electrons. The van der Waals surface area contributed by atoms with Crippen molar-refractivity contribution in [3.63, 3.8) is 0 Å². The van der Waals surface area contributed by atoms with E-state index in [0.717, 1.165) is 12.1 Å². The Hall–Kier alpha value is -1.81. The zero-order valence-corrected chi connectivity index (χ0v) is 12.0. The van der Waals surface area contributed by atoms with Gasteiger partial charge in [0.15, 0.2) is 0 Å². The normalized spacial score (nSPS) is 11.9. The molecule has 0 aliphatic heterocycles. The molecule has 0 aliphatic carbocycles. The van der Waals surface area contributed by atoms with Crippen LogP contribution in [0.15, 0.2) is 41.8 Å². The number of amides is 1. The fraction of sp³-hybridized carbons (Fsp3) is 0.267. The smallest absolute Gasteiger partial charge is 0.251 e. The van der Waals surface area contributed by atoms with Crippen molar-refractivity contribution >= 4 is 22.9 Å². The summed E-state index contributed by atoms with van der Waals surface area (Å²) < 4.78 is 0. The van der Waals surface area contributed by atoms with E-state index in [9.17, 15) is 4.79 Å². The lowest BCUT2D eigenvalue weighted by molar-refractivity contribution is 0.0963. The van der Waals surface area contributed by atoms with Crippen LogP contribution in [0.25, 0.3) is 0 Å². The van der Waals surface area contributed by atoms with E-state index in [1.54, 1.807) is 18.4 Å². The molecule has 1 aromatic carbocycles. The van der Waals surface area contributed by atoms with Gasteiger partial charge in [-0.15, -0.1) is 11.3 Å². The number of benzene rings is 1. The molecule has 0 aliphatic rings. The predicted molar refractivity (Wildman–Crippen MR) is 80.8 cm³/mol. The Labute approximate surface area is 117 Å². The average Bonchev–Trinajstić information content (AvgIpc) is 2.98. The van der Waals surface area contributed by atoms with Gasteiger partial charge in [-0.25, -0.2) is 0 Å². The summed E-state index contributed by atoms with van der Waals surface area (Å²) in [6, 6.07) is 12.1. The molecule has 1 unspecified atom stereocenters. The summed E-state index contributed by atoms with van der Waals surface area (Å²) >= 11 is 1.75. The minimum absolute atomic E-state index is 0.0622. The van der Waals surface area contributed by atoms with Gasteiger partial charge in [0.25, 0.3) is 5.91 Å². The van der Waals surface area contributed by atoms with Crippen molar-refractivity contribution in [1.29, 1.82) is 0 Å². The van der Waals surface area contributed by atoms with Crippen LogP contribution in [0.3, 0.4) is 0 Å². The van der Waals surface area contributed by atoms with Crippen molar-refractivity contribution in [2.45, 2.75) is 19.4 Å². The number of carbonyl (C=O) groups is 1. The Morgan fingerprint density at radius 2 is 2.16 bits per heavy atom. The minimum atomic E-state index is -0.0622. The van der Waals surface area contributed by atoms with Crippen molar-refractivity contribution < 1.29 is 4.79 Å². The van der Waals surface area contributed by atoms with E-state index in [2.05, 4.69) is 35.1 Å². The molecule has 1 atom stereocenters. The highest BCUT2D eigenvalue weighted by molar-refractivity contribution is 7.10. The number of anilines is 1. The number of rotatable bonds is 5. The van der Waals surface area contributed by atoms with E-state index in [1.807, 2.05) is 24.3 Å². The quantitative estimate of drug-likeness (QED) is 0.873. The van der Waals surface area contributed by atoms with Gasteiger partial charge in [-0.2, -0.15) is 0 Å². The van der Waals surface area contributed by atoms with E-state index in [0.29, 0.717) is 11.6 Å². The van der Waals surface area contributed by atoms with Crippen LogP contribution < -0.4 is 10.6 Å². The molecule has 100 valence electrons. The van der Waals surface area contributed by atoms with Crippen molar-refractivity contribution in [1.82, 2.24) is 5.32 Å². The highest BCUT2D eigenvalue weighted by Gasteiger charge is 2.11.